The summed E-state index contributed by atoms with van der Waals surface area (Å²) >= 11 is 5.34. The molecule has 0 spiro atoms. The van der Waals surface area contributed by atoms with Crippen LogP contribution in [0.2, 0.25) is 0 Å². The molecule has 1 heterocycles. The maximum absolute atomic E-state index is 9.44. The van der Waals surface area contributed by atoms with Gasteiger partial charge in [-0.15, -0.1) is 11.6 Å². The van der Waals surface area contributed by atoms with Gasteiger partial charge in [-0.05, 0) is 0 Å². The van der Waals surface area contributed by atoms with Gasteiger partial charge in [-0.25, -0.2) is 0 Å². The Morgan fingerprint density at radius 2 is 2.38 bits per heavy atom. The van der Waals surface area contributed by atoms with Crippen LogP contribution in [0.3, 0.4) is 0 Å². The first-order valence-electron chi connectivity index (χ1n) is 3.56. The number of halogens is 1. The van der Waals surface area contributed by atoms with Gasteiger partial charge in [-0.3, -0.25) is 5.10 Å². The van der Waals surface area contributed by atoms with E-state index in [1.165, 1.54) is 6.20 Å². The zero-order valence-corrected chi connectivity index (χ0v) is 7.36. The van der Waals surface area contributed by atoms with Crippen LogP contribution in [-0.4, -0.2) is 32.4 Å². The summed E-state index contributed by atoms with van der Waals surface area (Å²) in [4.78, 5) is 0. The number of aromatic amines is 1. The maximum Gasteiger partial charge on any atom is 0.141 e. The fourth-order valence-electron chi connectivity index (χ4n) is 0.901. The first-order valence-corrected chi connectivity index (χ1v) is 4.09. The molecule has 0 amide bonds. The van der Waals surface area contributed by atoms with Gasteiger partial charge in [-0.2, -0.15) is 10.4 Å². The lowest BCUT2D eigenvalue weighted by Crippen LogP contribution is -2.20. The molecule has 0 bridgehead atoms. The monoisotopic (exact) mass is 201 g/mol. The minimum absolute atomic E-state index is 0.1000. The number of H-pyrrole nitrogens is 1. The third kappa shape index (κ3) is 1.98. The lowest BCUT2D eigenvalue weighted by Gasteiger charge is -2.13. The number of hydrogen-bond acceptors (Lipinski definition) is 4. The molecule has 0 aliphatic rings. The number of alkyl halides is 1. The standard InChI is InChI=1S/C7H8ClN3O2/c8-1-6(12)7(13)4-3-10-11-5(4)2-9/h3,6-7,12-13H,1H2,(H,10,11). The van der Waals surface area contributed by atoms with Crippen LogP contribution in [0.15, 0.2) is 6.20 Å². The molecule has 70 valence electrons. The molecule has 3 N–H and O–H groups in total. The highest BCUT2D eigenvalue weighted by Gasteiger charge is 2.21. The number of aliphatic hydroxyl groups excluding tert-OH is 2. The Morgan fingerprint density at radius 1 is 1.69 bits per heavy atom. The second-order valence-electron chi connectivity index (χ2n) is 2.48. The second-order valence-corrected chi connectivity index (χ2v) is 2.79. The molecule has 0 saturated heterocycles. The molecule has 0 radical (unpaired) electrons. The van der Waals surface area contributed by atoms with Crippen molar-refractivity contribution >= 4 is 11.6 Å². The number of hydrogen-bond donors (Lipinski definition) is 3. The van der Waals surface area contributed by atoms with Gasteiger partial charge in [-0.1, -0.05) is 0 Å². The molecule has 0 aromatic carbocycles. The minimum atomic E-state index is -1.18. The normalized spacial score (nSPS) is 14.9. The Morgan fingerprint density at radius 3 is 2.92 bits per heavy atom. The van der Waals surface area contributed by atoms with Gasteiger partial charge >= 0.3 is 0 Å². The average Bonchev–Trinajstić information content (AvgIpc) is 2.62. The van der Waals surface area contributed by atoms with E-state index in [4.69, 9.17) is 16.9 Å². The van der Waals surface area contributed by atoms with Crippen molar-refractivity contribution in [2.45, 2.75) is 12.2 Å². The van der Waals surface area contributed by atoms with Crippen LogP contribution in [-0.2, 0) is 0 Å². The van der Waals surface area contributed by atoms with Crippen molar-refractivity contribution in [3.63, 3.8) is 0 Å². The van der Waals surface area contributed by atoms with Crippen molar-refractivity contribution in [3.05, 3.63) is 17.5 Å². The predicted molar refractivity (Wildman–Crippen MR) is 45.0 cm³/mol. The Balaban J connectivity index is 2.89. The molecule has 2 atom stereocenters. The topological polar surface area (TPSA) is 92.9 Å². The molecule has 0 aliphatic carbocycles. The molecule has 13 heavy (non-hydrogen) atoms. The highest BCUT2D eigenvalue weighted by molar-refractivity contribution is 6.18. The molecule has 1 aromatic heterocycles. The van der Waals surface area contributed by atoms with Crippen LogP contribution in [0.5, 0.6) is 0 Å². The fourth-order valence-corrected chi connectivity index (χ4v) is 1.07. The zero-order chi connectivity index (χ0) is 9.84. The van der Waals surface area contributed by atoms with E-state index in [1.807, 2.05) is 0 Å². The summed E-state index contributed by atoms with van der Waals surface area (Å²) in [6, 6.07) is 1.80. The Labute approximate surface area is 79.6 Å². The molecule has 0 fully saturated rings. The average molecular weight is 202 g/mol. The Bertz CT molecular complexity index is 320. The Hall–Kier alpha value is -1.09. The number of nitrogens with one attached hydrogen (secondary N) is 1. The zero-order valence-electron chi connectivity index (χ0n) is 6.61. The van der Waals surface area contributed by atoms with E-state index in [0.29, 0.717) is 0 Å². The van der Waals surface area contributed by atoms with Crippen LogP contribution in [0, 0.1) is 11.3 Å². The maximum atomic E-state index is 9.44. The van der Waals surface area contributed by atoms with E-state index in [-0.39, 0.29) is 17.1 Å². The fraction of sp³-hybridized carbons (Fsp3) is 0.429. The number of aliphatic hydroxyl groups is 2. The third-order valence-corrected chi connectivity index (χ3v) is 1.94. The van der Waals surface area contributed by atoms with Crippen molar-refractivity contribution in [1.82, 2.24) is 10.2 Å². The second kappa shape index (κ2) is 4.23. The van der Waals surface area contributed by atoms with Crippen LogP contribution in [0.25, 0.3) is 0 Å². The van der Waals surface area contributed by atoms with Gasteiger partial charge in [0.05, 0.1) is 18.2 Å². The van der Waals surface area contributed by atoms with Gasteiger partial charge in [0.2, 0.25) is 0 Å². The molecule has 1 aromatic rings. The molecule has 1 rings (SSSR count). The lowest BCUT2D eigenvalue weighted by molar-refractivity contribution is 0.0326. The molecule has 2 unspecified atom stereocenters. The summed E-state index contributed by atoms with van der Waals surface area (Å²) in [6.07, 6.45) is -0.976. The van der Waals surface area contributed by atoms with E-state index < -0.39 is 12.2 Å². The van der Waals surface area contributed by atoms with Gasteiger partial charge in [0.25, 0.3) is 0 Å². The molecule has 5 nitrogen and oxygen atoms in total. The van der Waals surface area contributed by atoms with Crippen molar-refractivity contribution in [1.29, 1.82) is 5.26 Å². The number of nitrogens with zero attached hydrogens (tertiary/aromatic N) is 2. The van der Waals surface area contributed by atoms with Crippen LogP contribution >= 0.6 is 11.6 Å². The SMILES string of the molecule is N#Cc1[nH]ncc1C(O)C(O)CCl. The lowest BCUT2D eigenvalue weighted by atomic mass is 10.1. The summed E-state index contributed by atoms with van der Waals surface area (Å²) < 4.78 is 0. The first kappa shape index (κ1) is 9.99. The number of aromatic nitrogens is 2. The van der Waals surface area contributed by atoms with Gasteiger partial charge in [0.1, 0.15) is 17.9 Å². The number of rotatable bonds is 3. The third-order valence-electron chi connectivity index (χ3n) is 1.62. The summed E-state index contributed by atoms with van der Waals surface area (Å²) in [6.45, 7) is 0. The van der Waals surface area contributed by atoms with Crippen molar-refractivity contribution < 1.29 is 10.2 Å². The summed E-state index contributed by atoms with van der Waals surface area (Å²) in [5.41, 5.74) is 0.396. The summed E-state index contributed by atoms with van der Waals surface area (Å²) in [7, 11) is 0. The van der Waals surface area contributed by atoms with Crippen molar-refractivity contribution in [3.8, 4) is 6.07 Å². The molecule has 6 heteroatoms. The van der Waals surface area contributed by atoms with E-state index in [9.17, 15) is 10.2 Å². The van der Waals surface area contributed by atoms with Gasteiger partial charge in [0, 0.05) is 5.56 Å². The van der Waals surface area contributed by atoms with E-state index >= 15 is 0 Å². The molecule has 0 saturated carbocycles. The van der Waals surface area contributed by atoms with Crippen LogP contribution in [0.4, 0.5) is 0 Å². The molecular weight excluding hydrogens is 194 g/mol. The van der Waals surface area contributed by atoms with E-state index in [0.717, 1.165) is 0 Å². The van der Waals surface area contributed by atoms with Crippen molar-refractivity contribution in [2.24, 2.45) is 0 Å². The molecule has 0 aliphatic heterocycles. The summed E-state index contributed by atoms with van der Waals surface area (Å²) in [5.74, 6) is -0.1000. The van der Waals surface area contributed by atoms with Crippen molar-refractivity contribution in [2.75, 3.05) is 5.88 Å². The summed E-state index contributed by atoms with van der Waals surface area (Å²) in [5, 5.41) is 33.2. The first-order chi connectivity index (χ1) is 6.20. The largest absolute Gasteiger partial charge is 0.389 e. The molecular formula is C7H8ClN3O2. The van der Waals surface area contributed by atoms with Crippen LogP contribution < -0.4 is 0 Å². The quantitative estimate of drug-likeness (QED) is 0.596. The minimum Gasteiger partial charge on any atom is -0.389 e. The Kier molecular flexibility index (Phi) is 3.25. The number of nitriles is 1. The highest BCUT2D eigenvalue weighted by atomic mass is 35.5. The van der Waals surface area contributed by atoms with Gasteiger partial charge < -0.3 is 10.2 Å². The predicted octanol–water partition coefficient (Wildman–Crippen LogP) is -0.0855. The van der Waals surface area contributed by atoms with Gasteiger partial charge in [0.15, 0.2) is 0 Å². The highest BCUT2D eigenvalue weighted by Crippen LogP contribution is 2.19. The van der Waals surface area contributed by atoms with E-state index in [2.05, 4.69) is 10.2 Å². The van der Waals surface area contributed by atoms with E-state index in [1.54, 1.807) is 6.07 Å². The van der Waals surface area contributed by atoms with Crippen LogP contribution in [0.1, 0.15) is 17.4 Å². The smallest absolute Gasteiger partial charge is 0.141 e.